The molecule has 114 valence electrons. The molecule has 0 aliphatic carbocycles. The first-order chi connectivity index (χ1) is 9.45. The van der Waals surface area contributed by atoms with Crippen molar-refractivity contribution >= 4 is 5.69 Å². The van der Waals surface area contributed by atoms with Crippen LogP contribution in [0.25, 0.3) is 0 Å². The van der Waals surface area contributed by atoms with Gasteiger partial charge in [0.1, 0.15) is 0 Å². The molecule has 0 fully saturated rings. The Morgan fingerprint density at radius 1 is 1.15 bits per heavy atom. The first-order valence-corrected chi connectivity index (χ1v) is 8.02. The van der Waals surface area contributed by atoms with Gasteiger partial charge in [0.2, 0.25) is 0 Å². The maximum atomic E-state index is 3.54. The van der Waals surface area contributed by atoms with E-state index in [1.54, 1.807) is 0 Å². The van der Waals surface area contributed by atoms with Crippen LogP contribution in [0.5, 0.6) is 0 Å². The summed E-state index contributed by atoms with van der Waals surface area (Å²) in [5, 5.41) is 3.54. The highest BCUT2D eigenvalue weighted by Gasteiger charge is 2.15. The summed E-state index contributed by atoms with van der Waals surface area (Å²) in [6.07, 6.45) is 1.18. The minimum Gasteiger partial charge on any atom is -0.369 e. The van der Waals surface area contributed by atoms with Crippen LogP contribution in [0, 0.1) is 12.8 Å². The second kappa shape index (κ2) is 8.31. The zero-order chi connectivity index (χ0) is 15.1. The van der Waals surface area contributed by atoms with Gasteiger partial charge in [0.05, 0.1) is 0 Å². The monoisotopic (exact) mass is 276 g/mol. The highest BCUT2D eigenvalue weighted by Crippen LogP contribution is 2.25. The molecule has 2 heteroatoms. The van der Waals surface area contributed by atoms with Gasteiger partial charge in [-0.15, -0.1) is 0 Å². The van der Waals surface area contributed by atoms with Crippen LogP contribution < -0.4 is 10.2 Å². The topological polar surface area (TPSA) is 15.3 Å². The number of hydrogen-bond donors (Lipinski definition) is 1. The largest absolute Gasteiger partial charge is 0.369 e. The van der Waals surface area contributed by atoms with E-state index in [9.17, 15) is 0 Å². The maximum absolute atomic E-state index is 3.54. The number of nitrogens with one attached hydrogen (secondary N) is 1. The van der Waals surface area contributed by atoms with Crippen molar-refractivity contribution in [3.05, 3.63) is 29.3 Å². The fourth-order valence-electron chi connectivity index (χ4n) is 2.52. The van der Waals surface area contributed by atoms with Gasteiger partial charge in [-0.2, -0.15) is 0 Å². The van der Waals surface area contributed by atoms with Crippen molar-refractivity contribution in [3.8, 4) is 0 Å². The van der Waals surface area contributed by atoms with Gasteiger partial charge in [0.15, 0.2) is 0 Å². The second-order valence-electron chi connectivity index (χ2n) is 6.45. The molecule has 1 aromatic rings. The van der Waals surface area contributed by atoms with Crippen LogP contribution in [-0.4, -0.2) is 19.1 Å². The zero-order valence-corrected chi connectivity index (χ0v) is 14.2. The fraction of sp³-hybridized carbons (Fsp3) is 0.667. The first kappa shape index (κ1) is 17.0. The Bertz CT molecular complexity index is 396. The molecule has 0 saturated carbocycles. The van der Waals surface area contributed by atoms with Crippen molar-refractivity contribution < 1.29 is 0 Å². The molecule has 1 N–H and O–H groups in total. The van der Waals surface area contributed by atoms with Gasteiger partial charge in [-0.1, -0.05) is 38.5 Å². The molecule has 0 saturated heterocycles. The third kappa shape index (κ3) is 5.16. The summed E-state index contributed by atoms with van der Waals surface area (Å²) in [5.41, 5.74) is 4.16. The smallest absolute Gasteiger partial charge is 0.0414 e. The lowest BCUT2D eigenvalue weighted by Crippen LogP contribution is -2.35. The first-order valence-electron chi connectivity index (χ1n) is 8.02. The molecule has 0 aromatic heterocycles. The molecule has 1 aromatic carbocycles. The molecule has 0 atom stereocenters. The lowest BCUT2D eigenvalue weighted by Gasteiger charge is -2.33. The summed E-state index contributed by atoms with van der Waals surface area (Å²) in [6.45, 7) is 16.7. The summed E-state index contributed by atoms with van der Waals surface area (Å²) in [5.74, 6) is 0.676. The Labute approximate surface area is 125 Å². The third-order valence-electron chi connectivity index (χ3n) is 3.47. The van der Waals surface area contributed by atoms with Gasteiger partial charge in [-0.3, -0.25) is 0 Å². The molecule has 0 aliphatic heterocycles. The number of anilines is 1. The molecular formula is C18H32N2. The van der Waals surface area contributed by atoms with Crippen LogP contribution in [0.1, 0.15) is 52.2 Å². The van der Waals surface area contributed by atoms with Crippen molar-refractivity contribution in [2.45, 2.75) is 60.5 Å². The molecule has 1 rings (SSSR count). The van der Waals surface area contributed by atoms with Crippen LogP contribution in [0.3, 0.4) is 0 Å². The van der Waals surface area contributed by atoms with E-state index in [0.717, 1.165) is 19.6 Å². The van der Waals surface area contributed by atoms with Crippen LogP contribution >= 0.6 is 0 Å². The average molecular weight is 276 g/mol. The van der Waals surface area contributed by atoms with E-state index in [1.165, 1.54) is 23.2 Å². The summed E-state index contributed by atoms with van der Waals surface area (Å²) >= 11 is 0. The van der Waals surface area contributed by atoms with Crippen molar-refractivity contribution in [3.63, 3.8) is 0 Å². The van der Waals surface area contributed by atoms with Gasteiger partial charge in [0, 0.05) is 24.8 Å². The number of nitrogens with zero attached hydrogens (tertiary/aromatic N) is 1. The van der Waals surface area contributed by atoms with Crippen LogP contribution in [0.4, 0.5) is 5.69 Å². The van der Waals surface area contributed by atoms with E-state index in [4.69, 9.17) is 0 Å². The number of rotatable bonds is 8. The van der Waals surface area contributed by atoms with Gasteiger partial charge in [0.25, 0.3) is 0 Å². The predicted molar refractivity (Wildman–Crippen MR) is 90.5 cm³/mol. The molecule has 0 unspecified atom stereocenters. The van der Waals surface area contributed by atoms with Gasteiger partial charge in [-0.05, 0) is 51.3 Å². The number of aryl methyl sites for hydroxylation is 1. The zero-order valence-electron chi connectivity index (χ0n) is 14.2. The van der Waals surface area contributed by atoms with Crippen molar-refractivity contribution in [2.24, 2.45) is 5.92 Å². The summed E-state index contributed by atoms with van der Waals surface area (Å²) in [4.78, 5) is 2.53. The van der Waals surface area contributed by atoms with E-state index in [0.29, 0.717) is 12.0 Å². The lowest BCUT2D eigenvalue weighted by molar-refractivity contribution is 0.567. The van der Waals surface area contributed by atoms with E-state index in [-0.39, 0.29) is 0 Å². The Morgan fingerprint density at radius 3 is 2.40 bits per heavy atom. The Hall–Kier alpha value is -1.02. The minimum absolute atomic E-state index is 0.532. The van der Waals surface area contributed by atoms with Gasteiger partial charge >= 0.3 is 0 Å². The van der Waals surface area contributed by atoms with Gasteiger partial charge < -0.3 is 10.2 Å². The summed E-state index contributed by atoms with van der Waals surface area (Å²) in [6, 6.07) is 7.38. The maximum Gasteiger partial charge on any atom is 0.0414 e. The predicted octanol–water partition coefficient (Wildman–Crippen LogP) is 4.37. The molecule has 0 radical (unpaired) electrons. The summed E-state index contributed by atoms with van der Waals surface area (Å²) in [7, 11) is 0. The molecule has 0 heterocycles. The van der Waals surface area contributed by atoms with E-state index >= 15 is 0 Å². The van der Waals surface area contributed by atoms with Crippen LogP contribution in [0.15, 0.2) is 18.2 Å². The highest BCUT2D eigenvalue weighted by molar-refractivity contribution is 5.55. The Morgan fingerprint density at radius 2 is 1.85 bits per heavy atom. The number of hydrogen-bond acceptors (Lipinski definition) is 2. The third-order valence-corrected chi connectivity index (χ3v) is 3.47. The highest BCUT2D eigenvalue weighted by atomic mass is 15.2. The molecule has 0 amide bonds. The van der Waals surface area contributed by atoms with Crippen LogP contribution in [0.2, 0.25) is 0 Å². The molecular weight excluding hydrogens is 244 g/mol. The standard InChI is InChI=1S/C18H32N2/c1-7-10-19-12-17-11-16(6)8-9-18(17)20(15(4)5)13-14(2)3/h8-9,11,14-15,19H,7,10,12-13H2,1-6H3. The molecule has 0 spiro atoms. The van der Waals surface area contributed by atoms with Crippen LogP contribution in [-0.2, 0) is 6.54 Å². The molecule has 20 heavy (non-hydrogen) atoms. The molecule has 0 aliphatic rings. The normalized spacial score (nSPS) is 11.4. The number of benzene rings is 1. The fourth-order valence-corrected chi connectivity index (χ4v) is 2.52. The summed E-state index contributed by atoms with van der Waals surface area (Å²) < 4.78 is 0. The minimum atomic E-state index is 0.532. The van der Waals surface area contributed by atoms with Crippen molar-refractivity contribution in [1.82, 2.24) is 5.32 Å². The van der Waals surface area contributed by atoms with Gasteiger partial charge in [-0.25, -0.2) is 0 Å². The Kier molecular flexibility index (Phi) is 7.08. The molecule has 2 nitrogen and oxygen atoms in total. The molecule has 0 bridgehead atoms. The SMILES string of the molecule is CCCNCc1cc(C)ccc1N(CC(C)C)C(C)C. The quantitative estimate of drug-likeness (QED) is 0.709. The Balaban J connectivity index is 2.99. The second-order valence-corrected chi connectivity index (χ2v) is 6.45. The van der Waals surface area contributed by atoms with E-state index < -0.39 is 0 Å². The van der Waals surface area contributed by atoms with E-state index in [2.05, 4.69) is 70.0 Å². The van der Waals surface area contributed by atoms with E-state index in [1.807, 2.05) is 0 Å². The van der Waals surface area contributed by atoms with Crippen molar-refractivity contribution in [2.75, 3.05) is 18.0 Å². The van der Waals surface area contributed by atoms with Crippen molar-refractivity contribution in [1.29, 1.82) is 0 Å². The average Bonchev–Trinajstić information content (AvgIpc) is 2.36. The lowest BCUT2D eigenvalue weighted by atomic mass is 10.1.